The molecule has 0 aliphatic rings. The molecule has 444 valence electrons. The van der Waals surface area contributed by atoms with Crippen molar-refractivity contribution in [2.45, 2.75) is 283 Å². The number of hydrogen-bond acceptors (Lipinski definition) is 7. The van der Waals surface area contributed by atoms with Gasteiger partial charge < -0.3 is 28.5 Å². The molecule has 0 fully saturated rings. The number of hydrogen-bond donors (Lipinski definition) is 1. The van der Waals surface area contributed by atoms with Gasteiger partial charge in [-0.1, -0.05) is 253 Å². The smallest absolute Gasteiger partial charge is 0.361 e. The molecule has 2 unspecified atom stereocenters. The summed E-state index contributed by atoms with van der Waals surface area (Å²) >= 11 is 0. The molecule has 1 N–H and O–H groups in total. The zero-order chi connectivity index (χ0) is 56.2. The lowest BCUT2D eigenvalue weighted by atomic mass is 10.0. The van der Waals surface area contributed by atoms with Crippen molar-refractivity contribution in [3.8, 4) is 0 Å². The standard InChI is InChI=1S/C68H119NO8/c1-6-8-10-12-14-16-18-20-22-24-26-27-28-29-30-31-32-33-34-35-36-37-38-39-41-43-45-47-49-51-53-55-57-59-66(71)77-64(63-76-68(67(72)73)74-61-60-69(3,4)5)62-75-65(70)58-56-54-52-50-48-46-44-42-40-25-23-21-19-17-15-13-11-9-7-2/h8,10,14,16,20-23,26-27,29-30,32-33,64,68H,6-7,9,11-13,15,17-19,24-25,28,31,34-63H2,1-5H3/p+1/b10-8-,16-14-,22-20-,23-21-,27-26-,30-29-,33-32-. The number of likely N-dealkylation sites (N-methyl/N-ethyl adjacent to an activating group) is 1. The highest BCUT2D eigenvalue weighted by molar-refractivity contribution is 5.71. The summed E-state index contributed by atoms with van der Waals surface area (Å²) in [6, 6.07) is 0. The van der Waals surface area contributed by atoms with Crippen molar-refractivity contribution in [3.63, 3.8) is 0 Å². The normalized spacial score (nSPS) is 13.3. The molecule has 0 aliphatic carbocycles. The number of rotatable bonds is 58. The van der Waals surface area contributed by atoms with Crippen LogP contribution in [0.3, 0.4) is 0 Å². The van der Waals surface area contributed by atoms with Crippen LogP contribution in [0.5, 0.6) is 0 Å². The van der Waals surface area contributed by atoms with Crippen LogP contribution >= 0.6 is 0 Å². The van der Waals surface area contributed by atoms with E-state index in [0.29, 0.717) is 17.4 Å². The molecule has 0 heterocycles. The Morgan fingerprint density at radius 3 is 1.12 bits per heavy atom. The summed E-state index contributed by atoms with van der Waals surface area (Å²) in [6.07, 6.45) is 75.3. The van der Waals surface area contributed by atoms with Crippen molar-refractivity contribution in [1.82, 2.24) is 0 Å². The second-order valence-corrected chi connectivity index (χ2v) is 22.3. The van der Waals surface area contributed by atoms with Gasteiger partial charge in [0.1, 0.15) is 13.2 Å². The lowest BCUT2D eigenvalue weighted by molar-refractivity contribution is -0.870. The Hall–Kier alpha value is -3.53. The van der Waals surface area contributed by atoms with Crippen LogP contribution in [-0.4, -0.2) is 87.4 Å². The lowest BCUT2D eigenvalue weighted by Crippen LogP contribution is -2.40. The first-order valence-corrected chi connectivity index (χ1v) is 31.8. The highest BCUT2D eigenvalue weighted by Gasteiger charge is 2.25. The minimum atomic E-state index is -1.51. The zero-order valence-corrected chi connectivity index (χ0v) is 50.6. The molecule has 0 amide bonds. The van der Waals surface area contributed by atoms with Crippen LogP contribution in [0.1, 0.15) is 271 Å². The predicted octanol–water partition coefficient (Wildman–Crippen LogP) is 19.1. The summed E-state index contributed by atoms with van der Waals surface area (Å²) in [6.45, 7) is 4.78. The Kier molecular flexibility index (Phi) is 55.9. The minimum Gasteiger partial charge on any atom is -0.477 e. The van der Waals surface area contributed by atoms with Gasteiger partial charge in [0.2, 0.25) is 0 Å². The van der Waals surface area contributed by atoms with Crippen LogP contribution in [0.2, 0.25) is 0 Å². The maximum Gasteiger partial charge on any atom is 0.361 e. The summed E-state index contributed by atoms with van der Waals surface area (Å²) in [4.78, 5) is 37.5. The largest absolute Gasteiger partial charge is 0.477 e. The molecule has 77 heavy (non-hydrogen) atoms. The van der Waals surface area contributed by atoms with Gasteiger partial charge in [-0.2, -0.15) is 0 Å². The topological polar surface area (TPSA) is 108 Å². The van der Waals surface area contributed by atoms with Gasteiger partial charge in [0.15, 0.2) is 6.10 Å². The molecule has 0 rings (SSSR count). The van der Waals surface area contributed by atoms with Crippen molar-refractivity contribution in [1.29, 1.82) is 0 Å². The number of nitrogens with zero attached hydrogens (tertiary/aromatic N) is 1. The van der Waals surface area contributed by atoms with E-state index in [9.17, 15) is 19.5 Å². The van der Waals surface area contributed by atoms with Crippen LogP contribution in [0.25, 0.3) is 0 Å². The van der Waals surface area contributed by atoms with Crippen molar-refractivity contribution >= 4 is 17.9 Å². The number of allylic oxidation sites excluding steroid dienone is 14. The molecule has 0 aromatic rings. The minimum absolute atomic E-state index is 0.184. The average molecular weight is 1080 g/mol. The Morgan fingerprint density at radius 2 is 0.740 bits per heavy atom. The van der Waals surface area contributed by atoms with Gasteiger partial charge in [0.25, 0.3) is 6.29 Å². The van der Waals surface area contributed by atoms with Gasteiger partial charge in [-0.25, -0.2) is 4.79 Å². The monoisotopic (exact) mass is 1080 g/mol. The average Bonchev–Trinajstić information content (AvgIpc) is 3.40. The maximum atomic E-state index is 12.9. The summed E-state index contributed by atoms with van der Waals surface area (Å²) in [5.41, 5.74) is 0. The summed E-state index contributed by atoms with van der Waals surface area (Å²) < 4.78 is 22.9. The van der Waals surface area contributed by atoms with Crippen molar-refractivity contribution in [2.24, 2.45) is 0 Å². The number of carboxylic acid groups (broad SMARTS) is 1. The van der Waals surface area contributed by atoms with E-state index in [1.807, 2.05) is 21.1 Å². The fourth-order valence-electron chi connectivity index (χ4n) is 8.78. The first-order valence-electron chi connectivity index (χ1n) is 31.8. The third-order valence-corrected chi connectivity index (χ3v) is 13.6. The molecule has 0 radical (unpaired) electrons. The molecule has 0 aromatic heterocycles. The molecule has 0 spiro atoms. The summed E-state index contributed by atoms with van der Waals surface area (Å²) in [7, 11) is 5.97. The summed E-state index contributed by atoms with van der Waals surface area (Å²) in [5, 5.41) is 9.72. The van der Waals surface area contributed by atoms with Crippen molar-refractivity contribution < 1.29 is 42.9 Å². The third kappa shape index (κ3) is 60.0. The van der Waals surface area contributed by atoms with Crippen molar-refractivity contribution in [2.75, 3.05) is 47.5 Å². The van der Waals surface area contributed by atoms with Crippen LogP contribution in [0, 0.1) is 0 Å². The van der Waals surface area contributed by atoms with Gasteiger partial charge in [-0.05, 0) is 89.9 Å². The SMILES string of the molecule is CC/C=C\C/C=C\C/C=C\C/C=C\C/C=C\C/C=C\CCCCCCCCCCCCCCCCC(=O)OC(COC(=O)CCCCCCCCCCC/C=C\CCCCCCCC)COC(OCC[N+](C)(C)C)C(=O)O. The third-order valence-electron chi connectivity index (χ3n) is 13.6. The van der Waals surface area contributed by atoms with E-state index in [2.05, 4.69) is 98.9 Å². The number of aliphatic carboxylic acids is 1. The van der Waals surface area contributed by atoms with Gasteiger partial charge in [-0.15, -0.1) is 0 Å². The van der Waals surface area contributed by atoms with E-state index in [1.165, 1.54) is 167 Å². The molecule has 9 nitrogen and oxygen atoms in total. The van der Waals surface area contributed by atoms with E-state index >= 15 is 0 Å². The molecule has 0 bridgehead atoms. The van der Waals surface area contributed by atoms with Crippen molar-refractivity contribution in [3.05, 3.63) is 85.1 Å². The molecular formula is C68H120NO8+. The molecule has 0 saturated carbocycles. The van der Waals surface area contributed by atoms with Crippen LogP contribution in [0.4, 0.5) is 0 Å². The predicted molar refractivity (Wildman–Crippen MR) is 327 cm³/mol. The second-order valence-electron chi connectivity index (χ2n) is 22.3. The number of carboxylic acids is 1. The van der Waals surface area contributed by atoms with Gasteiger partial charge in [0, 0.05) is 12.8 Å². The van der Waals surface area contributed by atoms with Gasteiger partial charge >= 0.3 is 17.9 Å². The number of ether oxygens (including phenoxy) is 4. The highest BCUT2D eigenvalue weighted by atomic mass is 16.7. The van der Waals surface area contributed by atoms with Gasteiger partial charge in [-0.3, -0.25) is 9.59 Å². The number of unbranched alkanes of at least 4 members (excludes halogenated alkanes) is 29. The number of carbonyl (C=O) groups excluding carboxylic acids is 2. The Morgan fingerprint density at radius 1 is 0.403 bits per heavy atom. The number of esters is 2. The Balaban J connectivity index is 4.15. The second kappa shape index (κ2) is 58.6. The van der Waals surface area contributed by atoms with Gasteiger partial charge in [0.05, 0.1) is 34.4 Å². The molecular weight excluding hydrogens is 959 g/mol. The molecule has 0 saturated heterocycles. The van der Waals surface area contributed by atoms with E-state index in [4.69, 9.17) is 18.9 Å². The lowest BCUT2D eigenvalue weighted by Gasteiger charge is -2.25. The van der Waals surface area contributed by atoms with E-state index in [1.54, 1.807) is 0 Å². The number of quaternary nitrogens is 1. The van der Waals surface area contributed by atoms with Crippen LogP contribution in [-0.2, 0) is 33.3 Å². The Bertz CT molecular complexity index is 1540. The quantitative estimate of drug-likeness (QED) is 0.0211. The van der Waals surface area contributed by atoms with E-state index in [0.717, 1.165) is 77.0 Å². The fraction of sp³-hybridized carbons (Fsp3) is 0.750. The van der Waals surface area contributed by atoms with Crippen LogP contribution in [0.15, 0.2) is 85.1 Å². The zero-order valence-electron chi connectivity index (χ0n) is 50.6. The van der Waals surface area contributed by atoms with Crippen LogP contribution < -0.4 is 0 Å². The molecule has 2 atom stereocenters. The van der Waals surface area contributed by atoms with E-state index in [-0.39, 0.29) is 32.2 Å². The first kappa shape index (κ1) is 73.5. The molecule has 0 aliphatic heterocycles. The first-order chi connectivity index (χ1) is 37.6. The molecule has 9 heteroatoms. The van der Waals surface area contributed by atoms with E-state index < -0.39 is 24.3 Å². The molecule has 0 aromatic carbocycles. The summed E-state index contributed by atoms with van der Waals surface area (Å²) in [5.74, 6) is -2.00. The Labute approximate surface area is 474 Å². The highest BCUT2D eigenvalue weighted by Crippen LogP contribution is 2.16. The number of carbonyl (C=O) groups is 3. The fourth-order valence-corrected chi connectivity index (χ4v) is 8.78. The maximum absolute atomic E-state index is 12.9.